The Balaban J connectivity index is 2.95. The highest BCUT2D eigenvalue weighted by Gasteiger charge is 2.23. The lowest BCUT2D eigenvalue weighted by Crippen LogP contribution is -2.47. The lowest BCUT2D eigenvalue weighted by atomic mass is 10.4. The second kappa shape index (κ2) is 6.99. The van der Waals surface area contributed by atoms with E-state index in [4.69, 9.17) is 10.5 Å². The maximum atomic E-state index is 11.8. The number of carbonyl (C=O) groups excluding carboxylic acids is 2. The Morgan fingerprint density at radius 3 is 2.63 bits per heavy atom. The quantitative estimate of drug-likeness (QED) is 0.774. The SMILES string of the molecule is CCOC(=O)NN(C(=O)OCC)c1cncnc1N. The molecule has 1 heterocycles. The standard InChI is InChI=1S/C10H15N5O4/c1-3-18-9(16)14-15(10(17)19-4-2)7-5-12-6-13-8(7)11/h5-6H,3-4H2,1-2H3,(H,14,16)(H2,11,12,13). The van der Waals surface area contributed by atoms with E-state index in [1.165, 1.54) is 12.5 Å². The molecular weight excluding hydrogens is 254 g/mol. The van der Waals surface area contributed by atoms with Crippen molar-refractivity contribution in [3.05, 3.63) is 12.5 Å². The lowest BCUT2D eigenvalue weighted by molar-refractivity contribution is 0.139. The Labute approximate surface area is 109 Å². The van der Waals surface area contributed by atoms with Gasteiger partial charge < -0.3 is 15.2 Å². The Hall–Kier alpha value is -2.58. The molecule has 0 aliphatic heterocycles. The van der Waals surface area contributed by atoms with Crippen LogP contribution < -0.4 is 16.2 Å². The number of hydrogen-bond acceptors (Lipinski definition) is 7. The van der Waals surface area contributed by atoms with Gasteiger partial charge in [0.2, 0.25) is 0 Å². The van der Waals surface area contributed by atoms with Crippen molar-refractivity contribution in [3.8, 4) is 0 Å². The zero-order chi connectivity index (χ0) is 14.3. The summed E-state index contributed by atoms with van der Waals surface area (Å²) in [6.07, 6.45) is 0.841. The van der Waals surface area contributed by atoms with Gasteiger partial charge in [-0.2, -0.15) is 5.01 Å². The molecule has 0 aromatic carbocycles. The predicted octanol–water partition coefficient (Wildman–Crippen LogP) is 0.683. The topological polar surface area (TPSA) is 120 Å². The number of anilines is 2. The van der Waals surface area contributed by atoms with Gasteiger partial charge in [-0.25, -0.2) is 25.0 Å². The Morgan fingerprint density at radius 2 is 2.05 bits per heavy atom. The van der Waals surface area contributed by atoms with Crippen LogP contribution in [0.15, 0.2) is 12.5 Å². The fourth-order valence-corrected chi connectivity index (χ4v) is 1.15. The highest BCUT2D eigenvalue weighted by atomic mass is 16.6. The van der Waals surface area contributed by atoms with Crippen LogP contribution >= 0.6 is 0 Å². The van der Waals surface area contributed by atoms with Crippen LogP contribution in [0.2, 0.25) is 0 Å². The number of nitrogen functional groups attached to an aromatic ring is 1. The van der Waals surface area contributed by atoms with Crippen molar-refractivity contribution in [2.75, 3.05) is 24.0 Å². The number of nitrogens with zero attached hydrogens (tertiary/aromatic N) is 3. The lowest BCUT2D eigenvalue weighted by Gasteiger charge is -2.22. The van der Waals surface area contributed by atoms with Gasteiger partial charge in [-0.3, -0.25) is 0 Å². The Morgan fingerprint density at radius 1 is 1.37 bits per heavy atom. The van der Waals surface area contributed by atoms with Crippen LogP contribution in [0.25, 0.3) is 0 Å². The highest BCUT2D eigenvalue weighted by molar-refractivity contribution is 5.92. The molecule has 0 aliphatic rings. The van der Waals surface area contributed by atoms with Crippen molar-refractivity contribution in [2.24, 2.45) is 0 Å². The molecule has 1 aromatic rings. The van der Waals surface area contributed by atoms with E-state index in [0.29, 0.717) is 0 Å². The maximum Gasteiger partial charge on any atom is 0.433 e. The number of nitrogens with two attached hydrogens (primary N) is 1. The molecule has 0 bridgehead atoms. The van der Waals surface area contributed by atoms with Crippen LogP contribution in [-0.4, -0.2) is 35.4 Å². The van der Waals surface area contributed by atoms with E-state index in [2.05, 4.69) is 20.1 Å². The van der Waals surface area contributed by atoms with E-state index < -0.39 is 12.2 Å². The van der Waals surface area contributed by atoms with Crippen molar-refractivity contribution >= 4 is 23.7 Å². The summed E-state index contributed by atoms with van der Waals surface area (Å²) in [5.74, 6) is 0.0138. The van der Waals surface area contributed by atoms with Crippen molar-refractivity contribution in [3.63, 3.8) is 0 Å². The van der Waals surface area contributed by atoms with E-state index in [0.717, 1.165) is 5.01 Å². The monoisotopic (exact) mass is 269 g/mol. The predicted molar refractivity (Wildman–Crippen MR) is 66.1 cm³/mol. The van der Waals surface area contributed by atoms with E-state index >= 15 is 0 Å². The van der Waals surface area contributed by atoms with Crippen LogP contribution in [0.1, 0.15) is 13.8 Å². The zero-order valence-corrected chi connectivity index (χ0v) is 10.6. The van der Waals surface area contributed by atoms with Gasteiger partial charge in [0.1, 0.15) is 12.0 Å². The van der Waals surface area contributed by atoms with Gasteiger partial charge in [-0.1, -0.05) is 0 Å². The van der Waals surface area contributed by atoms with Crippen molar-refractivity contribution in [1.29, 1.82) is 0 Å². The molecule has 1 aromatic heterocycles. The molecule has 0 atom stereocenters. The molecular formula is C10H15N5O4. The number of aromatic nitrogens is 2. The summed E-state index contributed by atoms with van der Waals surface area (Å²) >= 11 is 0. The summed E-state index contributed by atoms with van der Waals surface area (Å²) in [5, 5.41) is 0.789. The summed E-state index contributed by atoms with van der Waals surface area (Å²) in [7, 11) is 0. The minimum Gasteiger partial charge on any atom is -0.449 e. The fraction of sp³-hybridized carbons (Fsp3) is 0.400. The molecule has 0 unspecified atom stereocenters. The Kier molecular flexibility index (Phi) is 5.33. The molecule has 19 heavy (non-hydrogen) atoms. The number of carbonyl (C=O) groups is 2. The third kappa shape index (κ3) is 3.98. The van der Waals surface area contributed by atoms with E-state index in [1.807, 2.05) is 0 Å². The van der Waals surface area contributed by atoms with Gasteiger partial charge in [0.05, 0.1) is 19.4 Å². The maximum absolute atomic E-state index is 11.8. The number of rotatable bonds is 3. The molecule has 0 saturated heterocycles. The van der Waals surface area contributed by atoms with Gasteiger partial charge in [0.25, 0.3) is 0 Å². The molecule has 9 nitrogen and oxygen atoms in total. The summed E-state index contributed by atoms with van der Waals surface area (Å²) < 4.78 is 9.48. The smallest absolute Gasteiger partial charge is 0.433 e. The molecule has 1 rings (SSSR count). The Bertz CT molecular complexity index is 453. The van der Waals surface area contributed by atoms with Crippen LogP contribution in [0.4, 0.5) is 21.1 Å². The van der Waals surface area contributed by atoms with E-state index in [9.17, 15) is 9.59 Å². The molecule has 0 spiro atoms. The normalized spacial score (nSPS) is 9.58. The number of hydrazine groups is 1. The number of hydrogen-bond donors (Lipinski definition) is 2. The molecule has 0 fully saturated rings. The molecule has 0 saturated carbocycles. The summed E-state index contributed by atoms with van der Waals surface area (Å²) in [5.41, 5.74) is 7.90. The number of amides is 2. The third-order valence-corrected chi connectivity index (χ3v) is 1.89. The number of ether oxygens (including phenoxy) is 2. The van der Waals surface area contributed by atoms with Crippen LogP contribution in [0.5, 0.6) is 0 Å². The van der Waals surface area contributed by atoms with E-state index in [1.54, 1.807) is 13.8 Å². The second-order valence-corrected chi connectivity index (χ2v) is 3.16. The van der Waals surface area contributed by atoms with Gasteiger partial charge in [-0.15, -0.1) is 0 Å². The summed E-state index contributed by atoms with van der Waals surface area (Å²) in [6, 6.07) is 0. The van der Waals surface area contributed by atoms with Gasteiger partial charge in [0, 0.05) is 0 Å². The first kappa shape index (κ1) is 14.5. The van der Waals surface area contributed by atoms with Crippen LogP contribution in [0, 0.1) is 0 Å². The number of nitrogens with one attached hydrogen (secondary N) is 1. The van der Waals surface area contributed by atoms with Crippen molar-refractivity contribution in [2.45, 2.75) is 13.8 Å². The molecule has 0 aliphatic carbocycles. The minimum atomic E-state index is -0.822. The van der Waals surface area contributed by atoms with Crippen LogP contribution in [0.3, 0.4) is 0 Å². The average Bonchev–Trinajstić information content (AvgIpc) is 2.37. The van der Waals surface area contributed by atoms with Crippen LogP contribution in [-0.2, 0) is 9.47 Å². The average molecular weight is 269 g/mol. The zero-order valence-electron chi connectivity index (χ0n) is 10.6. The van der Waals surface area contributed by atoms with Gasteiger partial charge in [-0.05, 0) is 13.8 Å². The largest absolute Gasteiger partial charge is 0.449 e. The summed E-state index contributed by atoms with van der Waals surface area (Å²) in [6.45, 7) is 3.55. The molecule has 3 N–H and O–H groups in total. The fourth-order valence-electron chi connectivity index (χ4n) is 1.15. The molecule has 9 heteroatoms. The summed E-state index contributed by atoms with van der Waals surface area (Å²) in [4.78, 5) is 30.6. The first-order valence-electron chi connectivity index (χ1n) is 5.55. The molecule has 2 amide bonds. The first-order valence-corrected chi connectivity index (χ1v) is 5.55. The van der Waals surface area contributed by atoms with Crippen molar-refractivity contribution in [1.82, 2.24) is 15.4 Å². The highest BCUT2D eigenvalue weighted by Crippen LogP contribution is 2.18. The third-order valence-electron chi connectivity index (χ3n) is 1.89. The molecule has 104 valence electrons. The van der Waals surface area contributed by atoms with Crippen molar-refractivity contribution < 1.29 is 19.1 Å². The van der Waals surface area contributed by atoms with E-state index in [-0.39, 0.29) is 24.7 Å². The van der Waals surface area contributed by atoms with Gasteiger partial charge in [0.15, 0.2) is 5.82 Å². The molecule has 0 radical (unpaired) electrons. The minimum absolute atomic E-state index is 0.0138. The van der Waals surface area contributed by atoms with Gasteiger partial charge >= 0.3 is 12.2 Å². The first-order chi connectivity index (χ1) is 9.10. The second-order valence-electron chi connectivity index (χ2n) is 3.16.